The average Bonchev–Trinajstić information content (AvgIpc) is 2.43. The Morgan fingerprint density at radius 2 is 1.92 bits per heavy atom. The Morgan fingerprint density at radius 1 is 1.21 bits per heavy atom. The third-order valence-electron chi connectivity index (χ3n) is 3.51. The van der Waals surface area contributed by atoms with Gasteiger partial charge in [-0.2, -0.15) is 4.76 Å². The molecule has 0 radical (unpaired) electrons. The van der Waals surface area contributed by atoms with E-state index in [0.29, 0.717) is 5.56 Å². The maximum Gasteiger partial charge on any atom is 0.448 e. The fourth-order valence-electron chi connectivity index (χ4n) is 2.41. The Bertz CT molecular complexity index is 748. The second-order valence-corrected chi connectivity index (χ2v) is 6.72. The molecule has 0 heterocycles. The molecule has 0 saturated heterocycles. The highest BCUT2D eigenvalue weighted by atomic mass is 31.2. The van der Waals surface area contributed by atoms with Gasteiger partial charge in [-0.1, -0.05) is 18.2 Å². The summed E-state index contributed by atoms with van der Waals surface area (Å²) < 4.78 is 14.2. The molecule has 8 nitrogen and oxygen atoms in total. The number of phenolic OH excluding ortho intramolecular Hbond substituents is 1. The van der Waals surface area contributed by atoms with Gasteiger partial charge in [-0.3, -0.25) is 0 Å². The number of hydrogen-bond donors (Lipinski definition) is 6. The second kappa shape index (κ2) is 6.88. The van der Waals surface area contributed by atoms with Crippen molar-refractivity contribution in [2.45, 2.75) is 18.6 Å². The maximum atomic E-state index is 11.1. The van der Waals surface area contributed by atoms with E-state index in [1.54, 1.807) is 12.1 Å². The first-order valence-corrected chi connectivity index (χ1v) is 8.60. The minimum atomic E-state index is -4.81. The van der Waals surface area contributed by atoms with Gasteiger partial charge in [0, 0.05) is 12.5 Å². The SMILES string of the molecule is O=P(O)(O)N=C1C=C(O)C=CC1C(O)(O)CCc1cccc(O)c1. The highest BCUT2D eigenvalue weighted by Crippen LogP contribution is 2.39. The van der Waals surface area contributed by atoms with E-state index in [1.807, 2.05) is 0 Å². The minimum Gasteiger partial charge on any atom is -0.508 e. The fraction of sp³-hybridized carbons (Fsp3) is 0.267. The van der Waals surface area contributed by atoms with Gasteiger partial charge >= 0.3 is 7.75 Å². The van der Waals surface area contributed by atoms with Crippen LogP contribution in [0.4, 0.5) is 0 Å². The quantitative estimate of drug-likeness (QED) is 0.343. The molecule has 9 heteroatoms. The largest absolute Gasteiger partial charge is 0.508 e. The summed E-state index contributed by atoms with van der Waals surface area (Å²) in [6.07, 6.45) is 3.40. The van der Waals surface area contributed by atoms with Crippen molar-refractivity contribution in [1.29, 1.82) is 0 Å². The molecular formula is C15H18NO7P. The van der Waals surface area contributed by atoms with Gasteiger partial charge in [0.1, 0.15) is 11.5 Å². The van der Waals surface area contributed by atoms with Crippen molar-refractivity contribution in [3.8, 4) is 5.75 Å². The number of aliphatic hydroxyl groups is 3. The van der Waals surface area contributed by atoms with E-state index in [-0.39, 0.29) is 30.1 Å². The van der Waals surface area contributed by atoms with Crippen molar-refractivity contribution in [1.82, 2.24) is 0 Å². The van der Waals surface area contributed by atoms with Gasteiger partial charge in [0.25, 0.3) is 0 Å². The molecule has 1 aromatic carbocycles. The van der Waals surface area contributed by atoms with Crippen LogP contribution in [0.15, 0.2) is 53.0 Å². The first-order chi connectivity index (χ1) is 11.1. The monoisotopic (exact) mass is 355 g/mol. The van der Waals surface area contributed by atoms with Crippen molar-refractivity contribution in [3.63, 3.8) is 0 Å². The number of benzene rings is 1. The van der Waals surface area contributed by atoms with Crippen molar-refractivity contribution < 1.29 is 34.8 Å². The third kappa shape index (κ3) is 5.02. The van der Waals surface area contributed by atoms with E-state index >= 15 is 0 Å². The standard InChI is InChI=1S/C15H18NO7P/c17-11-3-1-2-10(8-11)6-7-15(19,20)13-5-4-12(18)9-14(13)16-24(21,22)23/h1-5,8-9,13,17-20H,6-7H2,(H2,21,22,23). The zero-order valence-corrected chi connectivity index (χ0v) is 13.4. The Labute approximate surface area is 138 Å². The first kappa shape index (κ1) is 18.4. The zero-order chi connectivity index (χ0) is 18.0. The molecule has 0 aliphatic heterocycles. The summed E-state index contributed by atoms with van der Waals surface area (Å²) in [7, 11) is -4.81. The number of nitrogens with zero attached hydrogens (tertiary/aromatic N) is 1. The lowest BCUT2D eigenvalue weighted by atomic mass is 9.86. The highest BCUT2D eigenvalue weighted by Gasteiger charge is 2.37. The lowest BCUT2D eigenvalue weighted by molar-refractivity contribution is -0.177. The molecule has 130 valence electrons. The van der Waals surface area contributed by atoms with Gasteiger partial charge in [0.15, 0.2) is 5.79 Å². The molecule has 1 aliphatic carbocycles. The number of rotatable bonds is 5. The number of phenols is 1. The van der Waals surface area contributed by atoms with Crippen LogP contribution in [0.25, 0.3) is 0 Å². The molecule has 0 saturated carbocycles. The first-order valence-electron chi connectivity index (χ1n) is 7.04. The number of aryl methyl sites for hydroxylation is 1. The summed E-state index contributed by atoms with van der Waals surface area (Å²) >= 11 is 0. The lowest BCUT2D eigenvalue weighted by Gasteiger charge is -2.31. The normalized spacial score (nSPS) is 20.2. The molecule has 0 aromatic heterocycles. The van der Waals surface area contributed by atoms with Crippen molar-refractivity contribution in [2.24, 2.45) is 10.7 Å². The van der Waals surface area contributed by atoms with Gasteiger partial charge in [0.05, 0.1) is 11.6 Å². The van der Waals surface area contributed by atoms with Gasteiger partial charge in [-0.05, 0) is 30.2 Å². The number of allylic oxidation sites excluding steroid dienone is 2. The van der Waals surface area contributed by atoms with E-state index in [2.05, 4.69) is 4.76 Å². The van der Waals surface area contributed by atoms with E-state index in [0.717, 1.165) is 6.08 Å². The minimum absolute atomic E-state index is 0.0446. The predicted octanol–water partition coefficient (Wildman–Crippen LogP) is 1.17. The van der Waals surface area contributed by atoms with Crippen LogP contribution in [0.3, 0.4) is 0 Å². The molecule has 1 atom stereocenters. The molecule has 1 aromatic rings. The fourth-order valence-corrected chi connectivity index (χ4v) is 2.89. The van der Waals surface area contributed by atoms with Gasteiger partial charge < -0.3 is 30.2 Å². The molecule has 0 bridgehead atoms. The highest BCUT2D eigenvalue weighted by molar-refractivity contribution is 7.50. The molecule has 6 N–H and O–H groups in total. The van der Waals surface area contributed by atoms with Crippen LogP contribution in [0.2, 0.25) is 0 Å². The summed E-state index contributed by atoms with van der Waals surface area (Å²) in [6, 6.07) is 6.27. The topological polar surface area (TPSA) is 151 Å². The van der Waals surface area contributed by atoms with Crippen LogP contribution in [0.1, 0.15) is 12.0 Å². The van der Waals surface area contributed by atoms with Crippen LogP contribution in [-0.4, -0.2) is 41.7 Å². The molecule has 2 rings (SSSR count). The molecule has 0 spiro atoms. The van der Waals surface area contributed by atoms with Crippen LogP contribution in [0.5, 0.6) is 5.75 Å². The number of aromatic hydroxyl groups is 1. The van der Waals surface area contributed by atoms with Crippen LogP contribution >= 0.6 is 7.75 Å². The predicted molar refractivity (Wildman–Crippen MR) is 86.4 cm³/mol. The van der Waals surface area contributed by atoms with E-state index in [4.69, 9.17) is 9.79 Å². The average molecular weight is 355 g/mol. The molecular weight excluding hydrogens is 337 g/mol. The van der Waals surface area contributed by atoms with Crippen LogP contribution in [0, 0.1) is 5.92 Å². The molecule has 0 amide bonds. The van der Waals surface area contributed by atoms with E-state index < -0.39 is 19.5 Å². The molecule has 0 fully saturated rings. The second-order valence-electron chi connectivity index (χ2n) is 5.49. The van der Waals surface area contributed by atoms with Gasteiger partial charge in [0.2, 0.25) is 0 Å². The summed E-state index contributed by atoms with van der Waals surface area (Å²) in [5, 5.41) is 39.5. The van der Waals surface area contributed by atoms with Gasteiger partial charge in [-0.15, -0.1) is 0 Å². The van der Waals surface area contributed by atoms with Gasteiger partial charge in [-0.25, -0.2) is 4.57 Å². The van der Waals surface area contributed by atoms with E-state index in [1.165, 1.54) is 24.3 Å². The molecule has 1 unspecified atom stereocenters. The Morgan fingerprint density at radius 3 is 2.54 bits per heavy atom. The third-order valence-corrected chi connectivity index (χ3v) is 4.00. The van der Waals surface area contributed by atoms with Crippen molar-refractivity contribution in [2.75, 3.05) is 0 Å². The molecule has 1 aliphatic rings. The summed E-state index contributed by atoms with van der Waals surface area (Å²) in [5.74, 6) is -3.84. The van der Waals surface area contributed by atoms with Crippen LogP contribution in [-0.2, 0) is 11.0 Å². The Kier molecular flexibility index (Phi) is 5.27. The van der Waals surface area contributed by atoms with Crippen molar-refractivity contribution in [3.05, 3.63) is 53.8 Å². The van der Waals surface area contributed by atoms with Crippen LogP contribution < -0.4 is 0 Å². The Balaban J connectivity index is 2.21. The number of aliphatic hydroxyl groups excluding tert-OH is 1. The zero-order valence-electron chi connectivity index (χ0n) is 12.5. The number of hydrogen-bond acceptors (Lipinski definition) is 5. The smallest absolute Gasteiger partial charge is 0.448 e. The summed E-state index contributed by atoms with van der Waals surface area (Å²) in [6.45, 7) is 0. The summed E-state index contributed by atoms with van der Waals surface area (Å²) in [4.78, 5) is 18.0. The lowest BCUT2D eigenvalue weighted by Crippen LogP contribution is -2.42. The van der Waals surface area contributed by atoms with E-state index in [9.17, 15) is 25.0 Å². The maximum absolute atomic E-state index is 11.1. The molecule has 24 heavy (non-hydrogen) atoms. The summed E-state index contributed by atoms with van der Waals surface area (Å²) in [5.41, 5.74) is 0.332. The van der Waals surface area contributed by atoms with Crippen molar-refractivity contribution >= 4 is 13.5 Å². The Hall–Kier alpha value is -1.96.